The molecule has 0 spiro atoms. The molecule has 0 unspecified atom stereocenters. The van der Waals surface area contributed by atoms with Crippen molar-refractivity contribution < 1.29 is 0 Å². The first-order valence-electron chi connectivity index (χ1n) is 6.94. The van der Waals surface area contributed by atoms with Crippen LogP contribution in [-0.4, -0.2) is 42.7 Å². The predicted molar refractivity (Wildman–Crippen MR) is 81.8 cm³/mol. The third-order valence-corrected chi connectivity index (χ3v) is 2.98. The lowest BCUT2D eigenvalue weighted by molar-refractivity contribution is 0.528. The van der Waals surface area contributed by atoms with Gasteiger partial charge in [0.1, 0.15) is 18.0 Å². The molecule has 19 heavy (non-hydrogen) atoms. The highest BCUT2D eigenvalue weighted by Crippen LogP contribution is 2.16. The zero-order valence-corrected chi connectivity index (χ0v) is 12.8. The van der Waals surface area contributed by atoms with Gasteiger partial charge in [0.05, 0.1) is 0 Å². The van der Waals surface area contributed by atoms with Gasteiger partial charge in [0.25, 0.3) is 0 Å². The smallest absolute Gasteiger partial charge is 0.133 e. The van der Waals surface area contributed by atoms with Crippen LogP contribution < -0.4 is 15.5 Å². The maximum atomic E-state index is 4.33. The van der Waals surface area contributed by atoms with Crippen molar-refractivity contribution in [1.82, 2.24) is 15.3 Å². The van der Waals surface area contributed by atoms with Gasteiger partial charge in [0.2, 0.25) is 0 Å². The number of hydrogen-bond acceptors (Lipinski definition) is 5. The van der Waals surface area contributed by atoms with E-state index in [0.29, 0.717) is 0 Å². The monoisotopic (exact) mass is 265 g/mol. The Morgan fingerprint density at radius 2 is 2.05 bits per heavy atom. The summed E-state index contributed by atoms with van der Waals surface area (Å²) in [6.45, 7) is 8.38. The molecule has 2 N–H and O–H groups in total. The summed E-state index contributed by atoms with van der Waals surface area (Å²) < 4.78 is 0. The lowest BCUT2D eigenvalue weighted by Crippen LogP contribution is -2.41. The Morgan fingerprint density at radius 1 is 1.32 bits per heavy atom. The van der Waals surface area contributed by atoms with Gasteiger partial charge in [-0.1, -0.05) is 13.3 Å². The molecule has 5 nitrogen and oxygen atoms in total. The molecular formula is C14H27N5. The minimum absolute atomic E-state index is 0.0393. The summed E-state index contributed by atoms with van der Waals surface area (Å²) in [7, 11) is 4.02. The third kappa shape index (κ3) is 5.42. The van der Waals surface area contributed by atoms with Crippen molar-refractivity contribution in [3.63, 3.8) is 0 Å². The van der Waals surface area contributed by atoms with Gasteiger partial charge in [-0.3, -0.25) is 0 Å². The number of unbranched alkanes of at least 4 members (excludes halogenated alkanes) is 1. The lowest BCUT2D eigenvalue weighted by Gasteiger charge is -2.27. The van der Waals surface area contributed by atoms with Crippen molar-refractivity contribution in [1.29, 1.82) is 0 Å². The Kier molecular flexibility index (Phi) is 6.02. The number of hydrogen-bond donors (Lipinski definition) is 2. The zero-order valence-electron chi connectivity index (χ0n) is 12.8. The number of nitrogens with one attached hydrogen (secondary N) is 2. The van der Waals surface area contributed by atoms with Gasteiger partial charge >= 0.3 is 0 Å². The van der Waals surface area contributed by atoms with Crippen LogP contribution in [0.3, 0.4) is 0 Å². The van der Waals surface area contributed by atoms with E-state index in [-0.39, 0.29) is 5.54 Å². The second kappa shape index (κ2) is 7.28. The van der Waals surface area contributed by atoms with E-state index < -0.39 is 0 Å². The van der Waals surface area contributed by atoms with Crippen molar-refractivity contribution in [2.75, 3.05) is 37.4 Å². The third-order valence-electron chi connectivity index (χ3n) is 2.98. The molecule has 1 rings (SSSR count). The molecule has 0 atom stereocenters. The SMILES string of the molecule is CCCCN(C)c1cc(NC(C)(C)CNC)ncn1. The molecular weight excluding hydrogens is 238 g/mol. The molecule has 0 fully saturated rings. The van der Waals surface area contributed by atoms with E-state index in [1.165, 1.54) is 12.8 Å². The van der Waals surface area contributed by atoms with E-state index in [4.69, 9.17) is 0 Å². The van der Waals surface area contributed by atoms with E-state index in [1.54, 1.807) is 6.33 Å². The van der Waals surface area contributed by atoms with Crippen LogP contribution >= 0.6 is 0 Å². The maximum absolute atomic E-state index is 4.33. The Balaban J connectivity index is 2.71. The number of nitrogens with zero attached hydrogens (tertiary/aromatic N) is 3. The van der Waals surface area contributed by atoms with Crippen molar-refractivity contribution in [3.05, 3.63) is 12.4 Å². The molecule has 0 aromatic carbocycles. The fraction of sp³-hybridized carbons (Fsp3) is 0.714. The van der Waals surface area contributed by atoms with Crippen molar-refractivity contribution >= 4 is 11.6 Å². The van der Waals surface area contributed by atoms with Gasteiger partial charge in [-0.05, 0) is 27.3 Å². The van der Waals surface area contributed by atoms with E-state index in [1.807, 2.05) is 13.1 Å². The van der Waals surface area contributed by atoms with E-state index in [9.17, 15) is 0 Å². The van der Waals surface area contributed by atoms with Crippen LogP contribution in [0.2, 0.25) is 0 Å². The summed E-state index contributed by atoms with van der Waals surface area (Å²) in [5.74, 6) is 1.83. The van der Waals surface area contributed by atoms with E-state index in [2.05, 4.69) is 53.3 Å². The van der Waals surface area contributed by atoms with Gasteiger partial charge < -0.3 is 15.5 Å². The molecule has 0 aliphatic carbocycles. The fourth-order valence-corrected chi connectivity index (χ4v) is 1.97. The first-order chi connectivity index (χ1) is 8.98. The summed E-state index contributed by atoms with van der Waals surface area (Å²) in [5.41, 5.74) is -0.0393. The summed E-state index contributed by atoms with van der Waals surface area (Å²) >= 11 is 0. The molecule has 0 saturated heterocycles. The molecule has 108 valence electrons. The van der Waals surface area contributed by atoms with Crippen molar-refractivity contribution in [2.45, 2.75) is 39.2 Å². The lowest BCUT2D eigenvalue weighted by atomic mass is 10.1. The van der Waals surface area contributed by atoms with Crippen molar-refractivity contribution in [3.8, 4) is 0 Å². The standard InChI is InChI=1S/C14H27N5/c1-6-7-8-19(5)13-9-12(16-11-17-13)18-14(2,3)10-15-4/h9,11,15H,6-8,10H2,1-5H3,(H,16,17,18). The van der Waals surface area contributed by atoms with Crippen LogP contribution in [0.4, 0.5) is 11.6 Å². The van der Waals surface area contributed by atoms with Crippen LogP contribution in [0.15, 0.2) is 12.4 Å². The molecule has 0 radical (unpaired) electrons. The van der Waals surface area contributed by atoms with Crippen LogP contribution in [0, 0.1) is 0 Å². The Bertz CT molecular complexity index is 378. The van der Waals surface area contributed by atoms with Gasteiger partial charge in [0.15, 0.2) is 0 Å². The van der Waals surface area contributed by atoms with Gasteiger partial charge in [0, 0.05) is 31.7 Å². The van der Waals surface area contributed by atoms with Crippen molar-refractivity contribution in [2.24, 2.45) is 0 Å². The molecule has 0 amide bonds. The average Bonchev–Trinajstić information content (AvgIpc) is 2.35. The van der Waals surface area contributed by atoms with Crippen LogP contribution in [0.25, 0.3) is 0 Å². The predicted octanol–water partition coefficient (Wildman–Crippen LogP) is 2.12. The Hall–Kier alpha value is -1.36. The first kappa shape index (κ1) is 15.7. The minimum Gasteiger partial charge on any atom is -0.364 e. The van der Waals surface area contributed by atoms with E-state index >= 15 is 0 Å². The highest BCUT2D eigenvalue weighted by molar-refractivity contribution is 5.49. The topological polar surface area (TPSA) is 53.1 Å². The highest BCUT2D eigenvalue weighted by atomic mass is 15.2. The number of rotatable bonds is 8. The first-order valence-corrected chi connectivity index (χ1v) is 6.94. The Morgan fingerprint density at radius 3 is 2.68 bits per heavy atom. The summed E-state index contributed by atoms with van der Waals surface area (Å²) in [6.07, 6.45) is 3.99. The summed E-state index contributed by atoms with van der Waals surface area (Å²) in [5, 5.41) is 6.61. The van der Waals surface area contributed by atoms with Crippen LogP contribution in [0.1, 0.15) is 33.6 Å². The average molecular weight is 265 g/mol. The minimum atomic E-state index is -0.0393. The molecule has 1 aromatic rings. The summed E-state index contributed by atoms with van der Waals surface area (Å²) in [4.78, 5) is 10.8. The maximum Gasteiger partial charge on any atom is 0.133 e. The quantitative estimate of drug-likeness (QED) is 0.754. The normalized spacial score (nSPS) is 11.4. The summed E-state index contributed by atoms with van der Waals surface area (Å²) in [6, 6.07) is 2.01. The largest absolute Gasteiger partial charge is 0.364 e. The number of aromatic nitrogens is 2. The molecule has 1 heterocycles. The number of likely N-dealkylation sites (N-methyl/N-ethyl adjacent to an activating group) is 1. The second-order valence-corrected chi connectivity index (χ2v) is 5.58. The van der Waals surface area contributed by atoms with Crippen LogP contribution in [-0.2, 0) is 0 Å². The molecule has 0 aliphatic heterocycles. The second-order valence-electron chi connectivity index (χ2n) is 5.58. The van der Waals surface area contributed by atoms with E-state index in [0.717, 1.165) is 24.7 Å². The Labute approximate surface area is 116 Å². The highest BCUT2D eigenvalue weighted by Gasteiger charge is 2.17. The molecule has 0 saturated carbocycles. The van der Waals surface area contributed by atoms with Gasteiger partial charge in [-0.2, -0.15) is 0 Å². The number of anilines is 2. The molecule has 0 bridgehead atoms. The van der Waals surface area contributed by atoms with Gasteiger partial charge in [-0.15, -0.1) is 0 Å². The molecule has 1 aromatic heterocycles. The zero-order chi connectivity index (χ0) is 14.3. The molecule has 5 heteroatoms. The fourth-order valence-electron chi connectivity index (χ4n) is 1.97. The van der Waals surface area contributed by atoms with Gasteiger partial charge in [-0.25, -0.2) is 9.97 Å². The van der Waals surface area contributed by atoms with Crippen LogP contribution in [0.5, 0.6) is 0 Å². The molecule has 0 aliphatic rings.